The normalized spacial score (nSPS) is 16.2. The third kappa shape index (κ3) is 4.09. The van der Waals surface area contributed by atoms with Gasteiger partial charge >= 0.3 is 5.97 Å². The minimum absolute atomic E-state index is 0.0253. The second-order valence-corrected chi connectivity index (χ2v) is 5.28. The van der Waals surface area contributed by atoms with Crippen LogP contribution in [0.15, 0.2) is 29.8 Å². The van der Waals surface area contributed by atoms with Crippen molar-refractivity contribution < 1.29 is 9.53 Å². The molecule has 0 radical (unpaired) electrons. The number of hydrogen-bond donors (Lipinski definition) is 0. The molecule has 1 heterocycles. The third-order valence-electron chi connectivity index (χ3n) is 3.67. The van der Waals surface area contributed by atoms with Gasteiger partial charge in [-0.2, -0.15) is 5.26 Å². The number of rotatable bonds is 4. The summed E-state index contributed by atoms with van der Waals surface area (Å²) in [6.07, 6.45) is 1.58. The minimum atomic E-state index is -0.574. The van der Waals surface area contributed by atoms with Crippen LogP contribution in [0.4, 0.5) is 5.69 Å². The Hall–Kier alpha value is -2.32. The first-order valence-corrected chi connectivity index (χ1v) is 7.46. The number of esters is 1. The Morgan fingerprint density at radius 2 is 2.09 bits per heavy atom. The fourth-order valence-electron chi connectivity index (χ4n) is 2.39. The molecule has 0 spiro atoms. The Balaban J connectivity index is 2.17. The maximum atomic E-state index is 11.7. The van der Waals surface area contributed by atoms with Gasteiger partial charge < -0.3 is 14.5 Å². The summed E-state index contributed by atoms with van der Waals surface area (Å²) in [5, 5.41) is 9.10. The largest absolute Gasteiger partial charge is 0.462 e. The summed E-state index contributed by atoms with van der Waals surface area (Å²) < 4.78 is 4.88. The van der Waals surface area contributed by atoms with Gasteiger partial charge in [-0.15, -0.1) is 0 Å². The first-order valence-electron chi connectivity index (χ1n) is 7.46. The molecule has 116 valence electrons. The van der Waals surface area contributed by atoms with Crippen molar-refractivity contribution >= 4 is 17.7 Å². The lowest BCUT2D eigenvalue weighted by molar-refractivity contribution is -0.137. The molecular weight excluding hydrogens is 278 g/mol. The number of piperazine rings is 1. The summed E-state index contributed by atoms with van der Waals surface area (Å²) in [7, 11) is 2.12. The van der Waals surface area contributed by atoms with Crippen LogP contribution in [0.2, 0.25) is 0 Å². The summed E-state index contributed by atoms with van der Waals surface area (Å²) in [5.41, 5.74) is 1.97. The van der Waals surface area contributed by atoms with Gasteiger partial charge in [-0.05, 0) is 37.7 Å². The van der Waals surface area contributed by atoms with Crippen molar-refractivity contribution in [3.63, 3.8) is 0 Å². The molecule has 0 bridgehead atoms. The van der Waals surface area contributed by atoms with Gasteiger partial charge in [0.05, 0.1) is 6.61 Å². The topological polar surface area (TPSA) is 56.6 Å². The Morgan fingerprint density at radius 1 is 1.36 bits per heavy atom. The van der Waals surface area contributed by atoms with E-state index in [1.807, 2.05) is 24.3 Å². The van der Waals surface area contributed by atoms with E-state index in [9.17, 15) is 4.79 Å². The lowest BCUT2D eigenvalue weighted by Gasteiger charge is -2.34. The van der Waals surface area contributed by atoms with E-state index < -0.39 is 5.97 Å². The van der Waals surface area contributed by atoms with Gasteiger partial charge in [0.1, 0.15) is 11.6 Å². The van der Waals surface area contributed by atoms with Crippen molar-refractivity contribution in [1.82, 2.24) is 4.90 Å². The number of nitriles is 1. The standard InChI is InChI=1S/C17H21N3O2/c1-3-22-17(21)15(13-18)11-14-5-4-6-16(12-14)20-9-7-19(2)8-10-20/h4-6,11-12H,3,7-10H2,1-2H3. The third-order valence-corrected chi connectivity index (χ3v) is 3.67. The van der Waals surface area contributed by atoms with Crippen LogP contribution in [0.3, 0.4) is 0 Å². The van der Waals surface area contributed by atoms with E-state index >= 15 is 0 Å². The molecule has 1 fully saturated rings. The van der Waals surface area contributed by atoms with Crippen molar-refractivity contribution in [1.29, 1.82) is 5.26 Å². The molecule has 5 nitrogen and oxygen atoms in total. The molecule has 5 heteroatoms. The Morgan fingerprint density at radius 3 is 2.73 bits per heavy atom. The molecule has 2 rings (SSSR count). The van der Waals surface area contributed by atoms with E-state index in [-0.39, 0.29) is 12.2 Å². The number of anilines is 1. The summed E-state index contributed by atoms with van der Waals surface area (Å²) in [5.74, 6) is -0.574. The quantitative estimate of drug-likeness (QED) is 0.483. The molecule has 0 unspecified atom stereocenters. The number of ether oxygens (including phenoxy) is 1. The van der Waals surface area contributed by atoms with Crippen LogP contribution in [-0.4, -0.2) is 50.7 Å². The van der Waals surface area contributed by atoms with Crippen LogP contribution in [0.1, 0.15) is 12.5 Å². The van der Waals surface area contributed by atoms with E-state index in [4.69, 9.17) is 10.00 Å². The SMILES string of the molecule is CCOC(=O)C(C#N)=Cc1cccc(N2CCN(C)CC2)c1. The minimum Gasteiger partial charge on any atom is -0.462 e. The molecule has 1 aliphatic rings. The predicted octanol–water partition coefficient (Wildman–Crippen LogP) is 1.91. The van der Waals surface area contributed by atoms with Crippen molar-refractivity contribution in [2.75, 3.05) is 44.7 Å². The highest BCUT2D eigenvalue weighted by atomic mass is 16.5. The summed E-state index contributed by atoms with van der Waals surface area (Å²) in [4.78, 5) is 16.3. The maximum Gasteiger partial charge on any atom is 0.348 e. The van der Waals surface area contributed by atoms with Crippen LogP contribution >= 0.6 is 0 Å². The molecule has 0 amide bonds. The first kappa shape index (κ1) is 16.1. The first-order chi connectivity index (χ1) is 10.6. The molecule has 1 aromatic carbocycles. The second-order valence-electron chi connectivity index (χ2n) is 5.28. The van der Waals surface area contributed by atoms with E-state index in [1.54, 1.807) is 13.0 Å². The van der Waals surface area contributed by atoms with Gasteiger partial charge in [0.15, 0.2) is 0 Å². The van der Waals surface area contributed by atoms with E-state index in [2.05, 4.69) is 22.9 Å². The van der Waals surface area contributed by atoms with Crippen LogP contribution < -0.4 is 4.90 Å². The van der Waals surface area contributed by atoms with Crippen LogP contribution in [0.25, 0.3) is 6.08 Å². The number of likely N-dealkylation sites (N-methyl/N-ethyl adjacent to an activating group) is 1. The average Bonchev–Trinajstić information content (AvgIpc) is 2.53. The van der Waals surface area contributed by atoms with E-state index in [0.29, 0.717) is 0 Å². The highest BCUT2D eigenvalue weighted by molar-refractivity contribution is 5.98. The predicted molar refractivity (Wildman–Crippen MR) is 86.4 cm³/mol. The number of carbonyl (C=O) groups excluding carboxylic acids is 1. The van der Waals surface area contributed by atoms with Crippen molar-refractivity contribution in [3.05, 3.63) is 35.4 Å². The highest BCUT2D eigenvalue weighted by Crippen LogP contribution is 2.19. The van der Waals surface area contributed by atoms with Gasteiger partial charge in [-0.1, -0.05) is 12.1 Å². The van der Waals surface area contributed by atoms with Crippen molar-refractivity contribution in [2.45, 2.75) is 6.92 Å². The Labute approximate surface area is 131 Å². The van der Waals surface area contributed by atoms with E-state index in [1.165, 1.54) is 0 Å². The maximum absolute atomic E-state index is 11.7. The van der Waals surface area contributed by atoms with Gasteiger partial charge in [0.25, 0.3) is 0 Å². The molecule has 1 aliphatic heterocycles. The fraction of sp³-hybridized carbons (Fsp3) is 0.412. The molecule has 1 aromatic rings. The zero-order valence-electron chi connectivity index (χ0n) is 13.1. The van der Waals surface area contributed by atoms with Gasteiger partial charge in [0.2, 0.25) is 0 Å². The lowest BCUT2D eigenvalue weighted by atomic mass is 10.1. The number of nitrogens with zero attached hydrogens (tertiary/aromatic N) is 3. The van der Waals surface area contributed by atoms with Crippen LogP contribution in [0, 0.1) is 11.3 Å². The fourth-order valence-corrected chi connectivity index (χ4v) is 2.39. The summed E-state index contributed by atoms with van der Waals surface area (Å²) >= 11 is 0. The van der Waals surface area contributed by atoms with Crippen molar-refractivity contribution in [3.8, 4) is 6.07 Å². The van der Waals surface area contributed by atoms with Gasteiger partial charge in [0, 0.05) is 31.9 Å². The molecule has 0 atom stereocenters. The second kappa shape index (κ2) is 7.62. The molecule has 0 aliphatic carbocycles. The number of carbonyl (C=O) groups is 1. The Bertz CT molecular complexity index is 596. The molecule has 0 saturated carbocycles. The highest BCUT2D eigenvalue weighted by Gasteiger charge is 2.15. The molecular formula is C17H21N3O2. The Kier molecular flexibility index (Phi) is 5.56. The van der Waals surface area contributed by atoms with Gasteiger partial charge in [-0.25, -0.2) is 4.79 Å². The molecule has 0 N–H and O–H groups in total. The monoisotopic (exact) mass is 299 g/mol. The summed E-state index contributed by atoms with van der Waals surface area (Å²) in [6, 6.07) is 9.79. The summed E-state index contributed by atoms with van der Waals surface area (Å²) in [6.45, 7) is 6.01. The average molecular weight is 299 g/mol. The van der Waals surface area contributed by atoms with Crippen LogP contribution in [0.5, 0.6) is 0 Å². The number of hydrogen-bond acceptors (Lipinski definition) is 5. The van der Waals surface area contributed by atoms with Gasteiger partial charge in [-0.3, -0.25) is 0 Å². The lowest BCUT2D eigenvalue weighted by Crippen LogP contribution is -2.44. The van der Waals surface area contributed by atoms with Crippen LogP contribution in [-0.2, 0) is 9.53 Å². The van der Waals surface area contributed by atoms with E-state index in [0.717, 1.165) is 37.4 Å². The zero-order chi connectivity index (χ0) is 15.9. The zero-order valence-corrected chi connectivity index (χ0v) is 13.1. The molecule has 0 aromatic heterocycles. The molecule has 1 saturated heterocycles. The number of benzene rings is 1. The smallest absolute Gasteiger partial charge is 0.348 e. The van der Waals surface area contributed by atoms with Crippen molar-refractivity contribution in [2.24, 2.45) is 0 Å². The molecule has 22 heavy (non-hydrogen) atoms.